The van der Waals surface area contributed by atoms with Gasteiger partial charge in [0.2, 0.25) is 0 Å². The summed E-state index contributed by atoms with van der Waals surface area (Å²) in [5, 5.41) is 7.76. The summed E-state index contributed by atoms with van der Waals surface area (Å²) in [5.74, 6) is 0.747. The molecule has 16 heavy (non-hydrogen) atoms. The maximum absolute atomic E-state index is 5.16. The molecule has 3 aromatic rings. The van der Waals surface area contributed by atoms with Gasteiger partial charge in [0.25, 0.3) is 0 Å². The smallest absolute Gasteiger partial charge is 0.138 e. The molecular formula is C11H10N4O. The van der Waals surface area contributed by atoms with Crippen LogP contribution in [0.15, 0.2) is 30.9 Å². The summed E-state index contributed by atoms with van der Waals surface area (Å²) in [6.45, 7) is 0. The lowest BCUT2D eigenvalue weighted by atomic mass is 10.1. The van der Waals surface area contributed by atoms with Crippen LogP contribution in [0.2, 0.25) is 0 Å². The highest BCUT2D eigenvalue weighted by Crippen LogP contribution is 2.28. The molecule has 0 fully saturated rings. The van der Waals surface area contributed by atoms with Crippen molar-refractivity contribution < 1.29 is 4.74 Å². The molecule has 3 aromatic heterocycles. The van der Waals surface area contributed by atoms with Gasteiger partial charge in [-0.2, -0.15) is 5.10 Å². The molecule has 0 radical (unpaired) electrons. The molecule has 3 rings (SSSR count). The quantitative estimate of drug-likeness (QED) is 0.685. The first-order valence-electron chi connectivity index (χ1n) is 4.89. The fraction of sp³-hybridized carbons (Fsp3) is 0.0909. The number of H-pyrrole nitrogens is 2. The molecule has 0 atom stereocenters. The Morgan fingerprint density at radius 3 is 2.94 bits per heavy atom. The summed E-state index contributed by atoms with van der Waals surface area (Å²) in [5.41, 5.74) is 2.94. The zero-order valence-electron chi connectivity index (χ0n) is 8.69. The van der Waals surface area contributed by atoms with E-state index in [2.05, 4.69) is 20.2 Å². The van der Waals surface area contributed by atoms with Crippen LogP contribution in [0.3, 0.4) is 0 Å². The summed E-state index contributed by atoms with van der Waals surface area (Å²) in [7, 11) is 1.63. The number of methoxy groups -OCH3 is 1. The molecule has 5 nitrogen and oxygen atoms in total. The number of nitrogens with one attached hydrogen (secondary N) is 2. The predicted octanol–water partition coefficient (Wildman–Crippen LogP) is 1.96. The van der Waals surface area contributed by atoms with E-state index in [9.17, 15) is 0 Å². The summed E-state index contributed by atoms with van der Waals surface area (Å²) < 4.78 is 5.16. The lowest BCUT2D eigenvalue weighted by molar-refractivity contribution is 0.414. The van der Waals surface area contributed by atoms with Gasteiger partial charge in [0.1, 0.15) is 11.4 Å². The minimum Gasteiger partial charge on any atom is -0.495 e. The van der Waals surface area contributed by atoms with Gasteiger partial charge < -0.3 is 9.72 Å². The third-order valence-corrected chi connectivity index (χ3v) is 2.55. The topological polar surface area (TPSA) is 66.6 Å². The van der Waals surface area contributed by atoms with E-state index in [-0.39, 0.29) is 0 Å². The third kappa shape index (κ3) is 1.25. The Morgan fingerprint density at radius 2 is 2.19 bits per heavy atom. The minimum atomic E-state index is 0.747. The van der Waals surface area contributed by atoms with Crippen molar-refractivity contribution in [3.63, 3.8) is 0 Å². The van der Waals surface area contributed by atoms with Crippen LogP contribution in [0, 0.1) is 0 Å². The monoisotopic (exact) mass is 214 g/mol. The molecule has 5 heteroatoms. The van der Waals surface area contributed by atoms with Gasteiger partial charge in [-0.25, -0.2) is 4.98 Å². The molecule has 0 aliphatic carbocycles. The van der Waals surface area contributed by atoms with Gasteiger partial charge in [-0.3, -0.25) is 5.10 Å². The fourth-order valence-corrected chi connectivity index (χ4v) is 1.73. The largest absolute Gasteiger partial charge is 0.495 e. The number of hydrogen-bond donors (Lipinski definition) is 2. The molecule has 3 heterocycles. The van der Waals surface area contributed by atoms with E-state index in [1.54, 1.807) is 19.5 Å². The number of nitrogens with zero attached hydrogens (tertiary/aromatic N) is 2. The van der Waals surface area contributed by atoms with Crippen molar-refractivity contribution in [3.05, 3.63) is 30.9 Å². The maximum Gasteiger partial charge on any atom is 0.138 e. The minimum absolute atomic E-state index is 0.747. The van der Waals surface area contributed by atoms with Crippen molar-refractivity contribution in [3.8, 4) is 16.9 Å². The van der Waals surface area contributed by atoms with Crippen LogP contribution in [0.5, 0.6) is 5.75 Å². The Hall–Kier alpha value is -2.30. The highest BCUT2D eigenvalue weighted by molar-refractivity contribution is 5.93. The van der Waals surface area contributed by atoms with E-state index >= 15 is 0 Å². The van der Waals surface area contributed by atoms with Crippen molar-refractivity contribution >= 4 is 11.0 Å². The summed E-state index contributed by atoms with van der Waals surface area (Å²) in [6.07, 6.45) is 7.24. The first-order chi connectivity index (χ1) is 7.88. The molecule has 0 spiro atoms. The van der Waals surface area contributed by atoms with Crippen molar-refractivity contribution in [2.45, 2.75) is 0 Å². The van der Waals surface area contributed by atoms with Crippen molar-refractivity contribution in [1.29, 1.82) is 0 Å². The van der Waals surface area contributed by atoms with Gasteiger partial charge in [0, 0.05) is 28.9 Å². The Kier molecular flexibility index (Phi) is 1.89. The van der Waals surface area contributed by atoms with Crippen LogP contribution in [-0.2, 0) is 0 Å². The molecule has 0 aliphatic heterocycles. The van der Waals surface area contributed by atoms with Gasteiger partial charge in [0.15, 0.2) is 0 Å². The van der Waals surface area contributed by atoms with Gasteiger partial charge in [-0.15, -0.1) is 0 Å². The molecule has 0 aromatic carbocycles. The number of pyridine rings is 1. The Morgan fingerprint density at radius 1 is 1.25 bits per heavy atom. The van der Waals surface area contributed by atoms with E-state index < -0.39 is 0 Å². The van der Waals surface area contributed by atoms with Crippen LogP contribution >= 0.6 is 0 Å². The van der Waals surface area contributed by atoms with Crippen molar-refractivity contribution in [1.82, 2.24) is 20.2 Å². The molecule has 0 unspecified atom stereocenters. The maximum atomic E-state index is 5.16. The molecule has 80 valence electrons. The molecule has 0 saturated heterocycles. The van der Waals surface area contributed by atoms with Crippen molar-refractivity contribution in [2.75, 3.05) is 7.11 Å². The second kappa shape index (κ2) is 3.37. The molecule has 0 bridgehead atoms. The lowest BCUT2D eigenvalue weighted by Gasteiger charge is -1.99. The SMILES string of the molecule is COc1cnc2[nH]cc(-c3cn[nH]c3)c2c1. The first-order valence-corrected chi connectivity index (χ1v) is 4.89. The number of rotatable bonds is 2. The van der Waals surface area contributed by atoms with E-state index in [0.29, 0.717) is 0 Å². The predicted molar refractivity (Wildman–Crippen MR) is 60.2 cm³/mol. The van der Waals surface area contributed by atoms with Gasteiger partial charge in [0.05, 0.1) is 19.5 Å². The summed E-state index contributed by atoms with van der Waals surface area (Å²) in [4.78, 5) is 7.39. The Balaban J connectivity index is 2.25. The Bertz CT molecular complexity index is 612. The number of fused-ring (bicyclic) bond motifs is 1. The molecule has 0 amide bonds. The standard InChI is InChI=1S/C11H10N4O/c1-16-8-2-9-10(7-3-14-15-4-7)6-13-11(9)12-5-8/h2-6H,1H3,(H,12,13)(H,14,15). The van der Waals surface area contributed by atoms with E-state index in [4.69, 9.17) is 4.74 Å². The van der Waals surface area contributed by atoms with E-state index in [0.717, 1.165) is 27.9 Å². The van der Waals surface area contributed by atoms with E-state index in [1.807, 2.05) is 18.5 Å². The number of hydrogen-bond acceptors (Lipinski definition) is 3. The second-order valence-corrected chi connectivity index (χ2v) is 3.46. The zero-order valence-corrected chi connectivity index (χ0v) is 8.69. The van der Waals surface area contributed by atoms with Gasteiger partial charge in [-0.1, -0.05) is 0 Å². The van der Waals surface area contributed by atoms with Crippen LogP contribution in [0.4, 0.5) is 0 Å². The van der Waals surface area contributed by atoms with Crippen molar-refractivity contribution in [2.24, 2.45) is 0 Å². The van der Waals surface area contributed by atoms with Gasteiger partial charge >= 0.3 is 0 Å². The van der Waals surface area contributed by atoms with Crippen LogP contribution < -0.4 is 4.74 Å². The highest BCUT2D eigenvalue weighted by Gasteiger charge is 2.08. The zero-order chi connectivity index (χ0) is 11.0. The molecule has 0 aliphatic rings. The summed E-state index contributed by atoms with van der Waals surface area (Å²) in [6, 6.07) is 1.96. The van der Waals surface area contributed by atoms with Crippen LogP contribution in [0.1, 0.15) is 0 Å². The second-order valence-electron chi connectivity index (χ2n) is 3.46. The fourth-order valence-electron chi connectivity index (χ4n) is 1.73. The highest BCUT2D eigenvalue weighted by atomic mass is 16.5. The Labute approximate surface area is 91.5 Å². The van der Waals surface area contributed by atoms with Crippen LogP contribution in [0.25, 0.3) is 22.2 Å². The molecule has 2 N–H and O–H groups in total. The normalized spacial score (nSPS) is 10.8. The number of aromatic amines is 2. The number of ether oxygens (including phenoxy) is 1. The lowest BCUT2D eigenvalue weighted by Crippen LogP contribution is -1.84. The summed E-state index contributed by atoms with van der Waals surface area (Å²) >= 11 is 0. The molecule has 0 saturated carbocycles. The first kappa shape index (κ1) is 8.96. The average molecular weight is 214 g/mol. The third-order valence-electron chi connectivity index (χ3n) is 2.55. The van der Waals surface area contributed by atoms with E-state index in [1.165, 1.54) is 0 Å². The number of aromatic nitrogens is 4. The average Bonchev–Trinajstić information content (AvgIpc) is 2.96. The van der Waals surface area contributed by atoms with Crippen LogP contribution in [-0.4, -0.2) is 27.3 Å². The molecular weight excluding hydrogens is 204 g/mol. The van der Waals surface area contributed by atoms with Gasteiger partial charge in [-0.05, 0) is 6.07 Å².